The van der Waals surface area contributed by atoms with Crippen molar-refractivity contribution in [3.63, 3.8) is 0 Å². The number of anilines is 1. The molecule has 0 atom stereocenters. The molecule has 5 nitrogen and oxygen atoms in total. The molecule has 1 heterocycles. The van der Waals surface area contributed by atoms with Crippen molar-refractivity contribution in [1.82, 2.24) is 5.32 Å². The van der Waals surface area contributed by atoms with Gasteiger partial charge in [-0.2, -0.15) is 0 Å². The van der Waals surface area contributed by atoms with Gasteiger partial charge in [-0.3, -0.25) is 14.5 Å². The normalized spacial score (nSPS) is 16.9. The summed E-state index contributed by atoms with van der Waals surface area (Å²) >= 11 is 6.10. The number of hydrogen-bond acceptors (Lipinski definition) is 3. The van der Waals surface area contributed by atoms with E-state index in [1.54, 1.807) is 24.3 Å². The summed E-state index contributed by atoms with van der Waals surface area (Å²) in [6, 6.07) is 11.2. The number of carbonyl (C=O) groups excluding carboxylic acids is 2. The molecule has 2 aliphatic rings. The van der Waals surface area contributed by atoms with Crippen molar-refractivity contribution < 1.29 is 18.7 Å². The van der Waals surface area contributed by atoms with Gasteiger partial charge in [0.2, 0.25) is 5.91 Å². The van der Waals surface area contributed by atoms with Crippen molar-refractivity contribution in [2.24, 2.45) is 0 Å². The van der Waals surface area contributed by atoms with Crippen LogP contribution in [0.4, 0.5) is 10.1 Å². The molecule has 0 bridgehead atoms. The van der Waals surface area contributed by atoms with Crippen LogP contribution in [0.2, 0.25) is 5.02 Å². The van der Waals surface area contributed by atoms with Crippen molar-refractivity contribution in [1.29, 1.82) is 0 Å². The van der Waals surface area contributed by atoms with E-state index in [1.807, 2.05) is 0 Å². The summed E-state index contributed by atoms with van der Waals surface area (Å²) in [6.45, 7) is 0.360. The predicted octanol–water partition coefficient (Wildman–Crippen LogP) is 5.25. The number of allylic oxidation sites excluding steroid dienone is 1. The summed E-state index contributed by atoms with van der Waals surface area (Å²) in [7, 11) is 0. The van der Waals surface area contributed by atoms with E-state index in [2.05, 4.69) is 11.4 Å². The highest BCUT2D eigenvalue weighted by atomic mass is 35.5. The first-order valence-corrected chi connectivity index (χ1v) is 11.1. The lowest BCUT2D eigenvalue weighted by molar-refractivity contribution is -0.123. The molecule has 32 heavy (non-hydrogen) atoms. The van der Waals surface area contributed by atoms with Crippen LogP contribution in [-0.4, -0.2) is 24.9 Å². The lowest BCUT2D eigenvalue weighted by Gasteiger charge is -2.30. The number of ether oxygens (including phenoxy) is 1. The molecule has 2 aromatic carbocycles. The van der Waals surface area contributed by atoms with E-state index in [-0.39, 0.29) is 28.8 Å². The number of carbonyl (C=O) groups is 2. The monoisotopic (exact) mass is 454 g/mol. The molecule has 1 aliphatic carbocycles. The Morgan fingerprint density at radius 2 is 2.03 bits per heavy atom. The van der Waals surface area contributed by atoms with Crippen molar-refractivity contribution in [3.8, 4) is 5.75 Å². The van der Waals surface area contributed by atoms with E-state index in [4.69, 9.17) is 16.3 Å². The highest BCUT2D eigenvalue weighted by molar-refractivity contribution is 6.32. The average Bonchev–Trinajstić information content (AvgIpc) is 2.79. The average molecular weight is 455 g/mol. The Balaban J connectivity index is 1.51. The Morgan fingerprint density at radius 1 is 1.19 bits per heavy atom. The van der Waals surface area contributed by atoms with Crippen molar-refractivity contribution in [2.45, 2.75) is 32.1 Å². The molecule has 0 spiro atoms. The molecule has 2 amide bonds. The molecule has 1 aliphatic heterocycles. The van der Waals surface area contributed by atoms with Crippen molar-refractivity contribution in [2.75, 3.05) is 18.0 Å². The second-order valence-electron chi connectivity index (χ2n) is 7.81. The third-order valence-corrected chi connectivity index (χ3v) is 5.89. The lowest BCUT2D eigenvalue weighted by atomic mass is 9.97. The van der Waals surface area contributed by atoms with Gasteiger partial charge < -0.3 is 10.1 Å². The molecular weight excluding hydrogens is 431 g/mol. The molecule has 4 rings (SSSR count). The van der Waals surface area contributed by atoms with Gasteiger partial charge in [-0.15, -0.1) is 0 Å². The number of benzene rings is 2. The summed E-state index contributed by atoms with van der Waals surface area (Å²) in [5.74, 6) is -1.06. The van der Waals surface area contributed by atoms with Gasteiger partial charge in [0.25, 0.3) is 5.91 Å². The zero-order valence-corrected chi connectivity index (χ0v) is 18.3. The summed E-state index contributed by atoms with van der Waals surface area (Å²) in [4.78, 5) is 27.1. The fourth-order valence-corrected chi connectivity index (χ4v) is 4.11. The van der Waals surface area contributed by atoms with Gasteiger partial charge in [0.05, 0.1) is 10.7 Å². The topological polar surface area (TPSA) is 58.6 Å². The summed E-state index contributed by atoms with van der Waals surface area (Å²) < 4.78 is 20.0. The maximum atomic E-state index is 14.3. The Labute approximate surface area is 191 Å². The first-order chi connectivity index (χ1) is 15.5. The zero-order chi connectivity index (χ0) is 22.5. The van der Waals surface area contributed by atoms with Gasteiger partial charge in [-0.05, 0) is 62.4 Å². The van der Waals surface area contributed by atoms with E-state index < -0.39 is 11.7 Å². The third kappa shape index (κ3) is 5.02. The molecule has 7 heteroatoms. The van der Waals surface area contributed by atoms with Crippen molar-refractivity contribution in [3.05, 3.63) is 76.3 Å². The summed E-state index contributed by atoms with van der Waals surface area (Å²) in [6.07, 6.45) is 8.94. The van der Waals surface area contributed by atoms with Crippen LogP contribution in [0.15, 0.2) is 59.9 Å². The molecule has 1 N–H and O–H groups in total. The second kappa shape index (κ2) is 10.0. The maximum Gasteiger partial charge on any atom is 0.294 e. The third-order valence-electron chi connectivity index (χ3n) is 5.56. The van der Waals surface area contributed by atoms with E-state index in [1.165, 1.54) is 47.6 Å². The van der Waals surface area contributed by atoms with Crippen LogP contribution >= 0.6 is 11.6 Å². The predicted molar refractivity (Wildman–Crippen MR) is 123 cm³/mol. The minimum Gasteiger partial charge on any atom is -0.449 e. The van der Waals surface area contributed by atoms with Crippen LogP contribution in [0.1, 0.15) is 37.7 Å². The highest BCUT2D eigenvalue weighted by Gasteiger charge is 2.32. The Bertz CT molecular complexity index is 1080. The van der Waals surface area contributed by atoms with Crippen molar-refractivity contribution >= 4 is 35.2 Å². The van der Waals surface area contributed by atoms with E-state index in [0.29, 0.717) is 18.0 Å². The van der Waals surface area contributed by atoms with E-state index >= 15 is 0 Å². The first-order valence-electron chi connectivity index (χ1n) is 10.7. The number of para-hydroxylation sites is 2. The number of nitrogens with one attached hydrogen (secondary N) is 1. The fraction of sp³-hybridized carbons (Fsp3) is 0.280. The maximum absolute atomic E-state index is 14.3. The highest BCUT2D eigenvalue weighted by Crippen LogP contribution is 2.36. The SMILES string of the molecule is O=C(CN1C(=O)/C(=C/c2c(F)cccc2Cl)Oc2ccccc21)NCCC1=CCCCC1. The van der Waals surface area contributed by atoms with Gasteiger partial charge in [-0.25, -0.2) is 4.39 Å². The molecule has 0 saturated carbocycles. The number of hydrogen-bond donors (Lipinski definition) is 1. The zero-order valence-electron chi connectivity index (χ0n) is 17.6. The fourth-order valence-electron chi connectivity index (χ4n) is 3.89. The molecular formula is C25H24ClFN2O3. The minimum absolute atomic E-state index is 0.0575. The molecule has 0 fully saturated rings. The molecule has 166 valence electrons. The van der Waals surface area contributed by atoms with Gasteiger partial charge >= 0.3 is 0 Å². The number of amides is 2. The minimum atomic E-state index is -0.568. The van der Waals surface area contributed by atoms with Crippen LogP contribution in [0.5, 0.6) is 5.75 Å². The number of rotatable bonds is 6. The molecule has 0 radical (unpaired) electrons. The second-order valence-corrected chi connectivity index (χ2v) is 8.22. The number of halogens is 2. The van der Waals surface area contributed by atoms with E-state index in [0.717, 1.165) is 19.3 Å². The molecule has 2 aromatic rings. The summed E-state index contributed by atoms with van der Waals surface area (Å²) in [5, 5.41) is 3.06. The Kier molecular flexibility index (Phi) is 6.90. The van der Waals surface area contributed by atoms with Crippen LogP contribution in [0, 0.1) is 5.82 Å². The van der Waals surface area contributed by atoms with Crippen LogP contribution in [-0.2, 0) is 9.59 Å². The number of nitrogens with zero attached hydrogens (tertiary/aromatic N) is 1. The standard InChI is InChI=1S/C25H24ClFN2O3/c26-19-9-6-10-20(27)18(19)15-23-25(31)29(21-11-4-5-12-22(21)32-23)16-24(30)28-14-13-17-7-2-1-3-8-17/h4-7,9-12,15H,1-3,8,13-14,16H2,(H,28,30)/b23-15-. The Morgan fingerprint density at radius 3 is 2.81 bits per heavy atom. The van der Waals surface area contributed by atoms with E-state index in [9.17, 15) is 14.0 Å². The van der Waals surface area contributed by atoms with Crippen LogP contribution < -0.4 is 15.0 Å². The Hall–Kier alpha value is -3.12. The molecule has 0 unspecified atom stereocenters. The first kappa shape index (κ1) is 22.1. The number of fused-ring (bicyclic) bond motifs is 1. The summed E-state index contributed by atoms with van der Waals surface area (Å²) in [5.41, 5.74) is 1.91. The van der Waals surface area contributed by atoms with Gasteiger partial charge in [0, 0.05) is 12.1 Å². The molecule has 0 saturated heterocycles. The quantitative estimate of drug-likeness (QED) is 0.479. The van der Waals surface area contributed by atoms with Crippen LogP contribution in [0.3, 0.4) is 0 Å². The molecule has 0 aromatic heterocycles. The van der Waals surface area contributed by atoms with Crippen LogP contribution in [0.25, 0.3) is 6.08 Å². The lowest BCUT2D eigenvalue weighted by Crippen LogP contribution is -2.44. The van der Waals surface area contributed by atoms with Gasteiger partial charge in [0.1, 0.15) is 12.4 Å². The van der Waals surface area contributed by atoms with Gasteiger partial charge in [0.15, 0.2) is 11.5 Å². The largest absolute Gasteiger partial charge is 0.449 e. The smallest absolute Gasteiger partial charge is 0.294 e. The van der Waals surface area contributed by atoms with Gasteiger partial charge in [-0.1, -0.05) is 41.4 Å².